The van der Waals surface area contributed by atoms with E-state index in [0.717, 1.165) is 9.18 Å². The van der Waals surface area contributed by atoms with Crippen LogP contribution < -0.4 is 10.1 Å². The van der Waals surface area contributed by atoms with Crippen molar-refractivity contribution < 1.29 is 22.4 Å². The number of benzene rings is 1. The summed E-state index contributed by atoms with van der Waals surface area (Å²) in [6.45, 7) is 3.87. The molecule has 0 saturated carbocycles. The summed E-state index contributed by atoms with van der Waals surface area (Å²) in [5.74, 6) is 0.371. The molecule has 0 unspecified atom stereocenters. The number of nitrogens with zero attached hydrogens (tertiary/aromatic N) is 2. The summed E-state index contributed by atoms with van der Waals surface area (Å²) in [5, 5.41) is 3.31. The molecule has 8 nitrogen and oxygen atoms in total. The number of furan rings is 1. The third-order valence-corrected chi connectivity index (χ3v) is 6.83. The number of anilines is 1. The average molecular weight is 436 g/mol. The van der Waals surface area contributed by atoms with Gasteiger partial charge in [-0.05, 0) is 44.2 Å². The smallest absolute Gasteiger partial charge is 0.275 e. The molecule has 0 fully saturated rings. The van der Waals surface area contributed by atoms with Crippen molar-refractivity contribution in [3.05, 3.63) is 47.2 Å². The van der Waals surface area contributed by atoms with E-state index < -0.39 is 15.9 Å². The normalized spacial score (nSPS) is 11.6. The summed E-state index contributed by atoms with van der Waals surface area (Å²) >= 11 is 1.34. The highest BCUT2D eigenvalue weighted by Crippen LogP contribution is 2.31. The number of rotatable bonds is 7. The van der Waals surface area contributed by atoms with Crippen LogP contribution in [0, 0.1) is 6.92 Å². The van der Waals surface area contributed by atoms with E-state index in [9.17, 15) is 13.2 Å². The second kappa shape index (κ2) is 8.36. The Labute approximate surface area is 173 Å². The maximum absolute atomic E-state index is 12.7. The number of carbonyl (C=O) groups is 1. The van der Waals surface area contributed by atoms with Crippen LogP contribution in [0.25, 0.3) is 10.8 Å². The van der Waals surface area contributed by atoms with Gasteiger partial charge in [-0.1, -0.05) is 0 Å². The molecular weight excluding hydrogens is 414 g/mol. The topological polar surface area (TPSA) is 102 Å². The third-order valence-electron chi connectivity index (χ3n) is 4.00. The van der Waals surface area contributed by atoms with Crippen molar-refractivity contribution in [1.82, 2.24) is 9.29 Å². The van der Waals surface area contributed by atoms with Crippen molar-refractivity contribution in [2.45, 2.75) is 18.7 Å². The van der Waals surface area contributed by atoms with Gasteiger partial charge in [-0.25, -0.2) is 17.7 Å². The molecule has 0 aliphatic carbocycles. The lowest BCUT2D eigenvalue weighted by Crippen LogP contribution is -2.23. The van der Waals surface area contributed by atoms with Crippen LogP contribution in [0.3, 0.4) is 0 Å². The molecule has 0 aliphatic rings. The van der Waals surface area contributed by atoms with Crippen molar-refractivity contribution in [3.8, 4) is 16.5 Å². The van der Waals surface area contributed by atoms with Gasteiger partial charge in [-0.15, -0.1) is 11.3 Å². The van der Waals surface area contributed by atoms with E-state index in [0.29, 0.717) is 23.1 Å². The number of thiazole rings is 1. The van der Waals surface area contributed by atoms with Gasteiger partial charge in [-0.3, -0.25) is 4.79 Å². The number of amides is 1. The summed E-state index contributed by atoms with van der Waals surface area (Å²) in [6.07, 6.45) is 1.54. The van der Waals surface area contributed by atoms with E-state index in [4.69, 9.17) is 9.15 Å². The van der Waals surface area contributed by atoms with E-state index in [2.05, 4.69) is 10.3 Å². The molecule has 0 atom stereocenters. The van der Waals surface area contributed by atoms with E-state index in [1.165, 1.54) is 37.6 Å². The molecule has 3 rings (SSSR count). The molecule has 0 saturated heterocycles. The van der Waals surface area contributed by atoms with Crippen molar-refractivity contribution in [1.29, 1.82) is 0 Å². The molecule has 1 aromatic carbocycles. The lowest BCUT2D eigenvalue weighted by atomic mass is 10.2. The fourth-order valence-electron chi connectivity index (χ4n) is 2.56. The predicted molar refractivity (Wildman–Crippen MR) is 111 cm³/mol. The van der Waals surface area contributed by atoms with Gasteiger partial charge in [0.25, 0.3) is 5.91 Å². The van der Waals surface area contributed by atoms with Crippen LogP contribution in [0.1, 0.15) is 22.3 Å². The molecule has 1 N–H and O–H groups in total. The van der Waals surface area contributed by atoms with Crippen LogP contribution in [0.5, 0.6) is 5.75 Å². The minimum atomic E-state index is -3.76. The highest BCUT2D eigenvalue weighted by Gasteiger charge is 2.24. The Balaban J connectivity index is 1.91. The quantitative estimate of drug-likeness (QED) is 0.608. The number of hydrogen-bond donors (Lipinski definition) is 1. The molecule has 0 radical (unpaired) electrons. The first kappa shape index (κ1) is 21.0. The first-order chi connectivity index (χ1) is 13.7. The standard InChI is InChI=1S/C19H21N3O5S2/c1-5-26-14-9-8-13(11-16(14)29(24,25)22(3)4)20-18(23)17-12(2)28-19(21-17)15-7-6-10-27-15/h6-11H,5H2,1-4H3,(H,20,23). The SMILES string of the molecule is CCOc1ccc(NC(=O)c2nc(-c3ccco3)sc2C)cc1S(=O)(=O)N(C)C. The Morgan fingerprint density at radius 3 is 2.69 bits per heavy atom. The molecule has 0 bridgehead atoms. The van der Waals surface area contributed by atoms with Crippen LogP contribution in [0.2, 0.25) is 0 Å². The average Bonchev–Trinajstić information content (AvgIpc) is 3.32. The monoisotopic (exact) mass is 435 g/mol. The number of aryl methyl sites for hydroxylation is 1. The van der Waals surface area contributed by atoms with Gasteiger partial charge >= 0.3 is 0 Å². The van der Waals surface area contributed by atoms with Crippen molar-refractivity contribution >= 4 is 33.0 Å². The Morgan fingerprint density at radius 1 is 1.31 bits per heavy atom. The van der Waals surface area contributed by atoms with Crippen LogP contribution in [-0.4, -0.2) is 44.3 Å². The highest BCUT2D eigenvalue weighted by molar-refractivity contribution is 7.89. The van der Waals surface area contributed by atoms with Gasteiger partial charge in [0.1, 0.15) is 16.3 Å². The number of nitrogens with one attached hydrogen (secondary N) is 1. The Hall–Kier alpha value is -2.69. The maximum Gasteiger partial charge on any atom is 0.275 e. The molecule has 3 aromatic rings. The molecule has 1 amide bonds. The number of hydrogen-bond acceptors (Lipinski definition) is 7. The molecule has 2 aromatic heterocycles. The van der Waals surface area contributed by atoms with Crippen LogP contribution in [0.15, 0.2) is 45.9 Å². The van der Waals surface area contributed by atoms with Crippen LogP contribution >= 0.6 is 11.3 Å². The maximum atomic E-state index is 12.7. The van der Waals surface area contributed by atoms with Crippen molar-refractivity contribution in [3.63, 3.8) is 0 Å². The summed E-state index contributed by atoms with van der Waals surface area (Å²) < 4.78 is 37.1. The lowest BCUT2D eigenvalue weighted by Gasteiger charge is -2.16. The first-order valence-electron chi connectivity index (χ1n) is 8.76. The summed E-state index contributed by atoms with van der Waals surface area (Å²) in [6, 6.07) is 8.01. The third kappa shape index (κ3) is 4.34. The predicted octanol–water partition coefficient (Wildman–Crippen LogP) is 3.61. The fraction of sp³-hybridized carbons (Fsp3) is 0.263. The lowest BCUT2D eigenvalue weighted by molar-refractivity contribution is 0.102. The van der Waals surface area contributed by atoms with E-state index >= 15 is 0 Å². The molecule has 0 spiro atoms. The zero-order chi connectivity index (χ0) is 21.2. The molecule has 2 heterocycles. The summed E-state index contributed by atoms with van der Waals surface area (Å²) in [5.41, 5.74) is 0.582. The van der Waals surface area contributed by atoms with E-state index in [-0.39, 0.29) is 16.3 Å². The van der Waals surface area contributed by atoms with Gasteiger partial charge in [0.05, 0.1) is 12.9 Å². The van der Waals surface area contributed by atoms with Gasteiger partial charge in [0, 0.05) is 24.7 Å². The molecule has 154 valence electrons. The van der Waals surface area contributed by atoms with Crippen molar-refractivity contribution in [2.24, 2.45) is 0 Å². The Kier molecular flexibility index (Phi) is 6.06. The number of carbonyl (C=O) groups excluding carboxylic acids is 1. The number of aromatic nitrogens is 1. The second-order valence-corrected chi connectivity index (χ2v) is 9.56. The minimum Gasteiger partial charge on any atom is -0.492 e. The molecule has 0 aliphatic heterocycles. The Morgan fingerprint density at radius 2 is 2.07 bits per heavy atom. The largest absolute Gasteiger partial charge is 0.492 e. The van der Waals surface area contributed by atoms with Gasteiger partial charge in [0.15, 0.2) is 10.8 Å². The second-order valence-electron chi connectivity index (χ2n) is 6.24. The summed E-state index contributed by atoms with van der Waals surface area (Å²) in [4.78, 5) is 17.8. The molecular formula is C19H21N3O5S2. The Bertz CT molecular complexity index is 1120. The highest BCUT2D eigenvalue weighted by atomic mass is 32.2. The van der Waals surface area contributed by atoms with Gasteiger partial charge in [0.2, 0.25) is 10.0 Å². The molecule has 10 heteroatoms. The van der Waals surface area contributed by atoms with Crippen LogP contribution in [-0.2, 0) is 10.0 Å². The van der Waals surface area contributed by atoms with Crippen molar-refractivity contribution in [2.75, 3.05) is 26.0 Å². The number of sulfonamides is 1. The first-order valence-corrected chi connectivity index (χ1v) is 11.0. The minimum absolute atomic E-state index is 0.0200. The van der Waals surface area contributed by atoms with Gasteiger partial charge in [-0.2, -0.15) is 0 Å². The summed E-state index contributed by atoms with van der Waals surface area (Å²) in [7, 11) is -0.884. The van der Waals surface area contributed by atoms with E-state index in [1.807, 2.05) is 0 Å². The van der Waals surface area contributed by atoms with Gasteiger partial charge < -0.3 is 14.5 Å². The zero-order valence-electron chi connectivity index (χ0n) is 16.4. The number of ether oxygens (including phenoxy) is 1. The zero-order valence-corrected chi connectivity index (χ0v) is 18.1. The molecule has 29 heavy (non-hydrogen) atoms. The van der Waals surface area contributed by atoms with E-state index in [1.54, 1.807) is 38.3 Å². The van der Waals surface area contributed by atoms with Crippen LogP contribution in [0.4, 0.5) is 5.69 Å². The fourth-order valence-corrected chi connectivity index (χ4v) is 4.49.